The van der Waals surface area contributed by atoms with Crippen LogP contribution in [0.2, 0.25) is 0 Å². The van der Waals surface area contributed by atoms with Gasteiger partial charge in [-0.25, -0.2) is 4.98 Å². The summed E-state index contributed by atoms with van der Waals surface area (Å²) in [5.74, 6) is 0.270. The van der Waals surface area contributed by atoms with E-state index in [1.807, 2.05) is 17.2 Å². The number of benzene rings is 1. The number of aryl methyl sites for hydroxylation is 1. The molecule has 136 valence electrons. The molecule has 0 unspecified atom stereocenters. The average Bonchev–Trinajstić information content (AvgIpc) is 2.74. The van der Waals surface area contributed by atoms with Gasteiger partial charge in [0.05, 0.1) is 17.6 Å². The molecule has 1 atom stereocenters. The van der Waals surface area contributed by atoms with E-state index in [-0.39, 0.29) is 11.8 Å². The first kappa shape index (κ1) is 17.3. The Hall–Kier alpha value is -3.08. The molecule has 4 rings (SSSR count). The van der Waals surface area contributed by atoms with Crippen LogP contribution in [-0.2, 0) is 0 Å². The zero-order valence-electron chi connectivity index (χ0n) is 15.4. The number of rotatable bonds is 3. The van der Waals surface area contributed by atoms with E-state index in [9.17, 15) is 4.79 Å². The predicted molar refractivity (Wildman–Crippen MR) is 104 cm³/mol. The van der Waals surface area contributed by atoms with Crippen LogP contribution < -0.4 is 0 Å². The van der Waals surface area contributed by atoms with E-state index in [2.05, 4.69) is 35.1 Å². The molecule has 1 amide bonds. The Balaban J connectivity index is 1.55. The molecule has 0 bridgehead atoms. The summed E-state index contributed by atoms with van der Waals surface area (Å²) in [7, 11) is 0. The number of hydrogen-bond donors (Lipinski definition) is 0. The van der Waals surface area contributed by atoms with Gasteiger partial charge in [-0.1, -0.05) is 23.8 Å². The Morgan fingerprint density at radius 1 is 1.11 bits per heavy atom. The van der Waals surface area contributed by atoms with Crippen LogP contribution in [0.15, 0.2) is 61.2 Å². The van der Waals surface area contributed by atoms with Crippen LogP contribution in [0.1, 0.15) is 40.4 Å². The molecule has 1 aliphatic rings. The van der Waals surface area contributed by atoms with E-state index in [1.165, 1.54) is 5.56 Å². The molecule has 2 aromatic heterocycles. The topological polar surface area (TPSA) is 59.0 Å². The number of hydrogen-bond acceptors (Lipinski definition) is 4. The first-order valence-corrected chi connectivity index (χ1v) is 9.29. The lowest BCUT2D eigenvalue weighted by Gasteiger charge is -2.32. The standard InChI is InChI=1S/C22H22N4O/c1-16-4-2-5-18(12-16)20-13-24-14-21(25-20)19-6-3-11-26(15-19)22(27)17-7-9-23-10-8-17/h2,4-5,7-10,12-14,19H,3,6,11,15H2,1H3/t19-/m0/s1. The predicted octanol–water partition coefficient (Wildman–Crippen LogP) is 3.87. The van der Waals surface area contributed by atoms with Crippen LogP contribution in [0, 0.1) is 6.92 Å². The van der Waals surface area contributed by atoms with Gasteiger partial charge >= 0.3 is 0 Å². The highest BCUT2D eigenvalue weighted by Gasteiger charge is 2.26. The second-order valence-electron chi connectivity index (χ2n) is 7.02. The van der Waals surface area contributed by atoms with E-state index in [4.69, 9.17) is 4.98 Å². The molecule has 1 saturated heterocycles. The van der Waals surface area contributed by atoms with Gasteiger partial charge in [0.15, 0.2) is 0 Å². The minimum atomic E-state index is 0.0601. The molecular formula is C22H22N4O. The van der Waals surface area contributed by atoms with Crippen LogP contribution in [0.5, 0.6) is 0 Å². The number of aromatic nitrogens is 3. The maximum atomic E-state index is 12.8. The highest BCUT2D eigenvalue weighted by atomic mass is 16.2. The summed E-state index contributed by atoms with van der Waals surface area (Å²) in [4.78, 5) is 28.0. The lowest BCUT2D eigenvalue weighted by Crippen LogP contribution is -2.39. The van der Waals surface area contributed by atoms with Crippen molar-refractivity contribution >= 4 is 5.91 Å². The van der Waals surface area contributed by atoms with Crippen molar-refractivity contribution in [1.29, 1.82) is 0 Å². The van der Waals surface area contributed by atoms with E-state index < -0.39 is 0 Å². The van der Waals surface area contributed by atoms with Gasteiger partial charge in [0.25, 0.3) is 5.91 Å². The summed E-state index contributed by atoms with van der Waals surface area (Å²) in [5.41, 5.74) is 4.80. The summed E-state index contributed by atoms with van der Waals surface area (Å²) >= 11 is 0. The molecule has 1 fully saturated rings. The molecule has 3 heterocycles. The largest absolute Gasteiger partial charge is 0.338 e. The number of carbonyl (C=O) groups excluding carboxylic acids is 1. The lowest BCUT2D eigenvalue weighted by molar-refractivity contribution is 0.0705. The molecule has 5 nitrogen and oxygen atoms in total. The maximum Gasteiger partial charge on any atom is 0.253 e. The van der Waals surface area contributed by atoms with Gasteiger partial charge in [0.1, 0.15) is 0 Å². The number of pyridine rings is 1. The third-order valence-corrected chi connectivity index (χ3v) is 5.02. The van der Waals surface area contributed by atoms with Gasteiger partial charge in [-0.2, -0.15) is 0 Å². The first-order chi connectivity index (χ1) is 13.2. The normalized spacial score (nSPS) is 16.9. The summed E-state index contributed by atoms with van der Waals surface area (Å²) in [5, 5.41) is 0. The molecule has 1 aliphatic heterocycles. The van der Waals surface area contributed by atoms with Crippen molar-refractivity contribution in [2.75, 3.05) is 13.1 Å². The third-order valence-electron chi connectivity index (χ3n) is 5.02. The molecule has 5 heteroatoms. The lowest BCUT2D eigenvalue weighted by atomic mass is 9.94. The van der Waals surface area contributed by atoms with Gasteiger partial charge in [-0.3, -0.25) is 14.8 Å². The molecule has 0 saturated carbocycles. The summed E-state index contributed by atoms with van der Waals surface area (Å²) < 4.78 is 0. The van der Waals surface area contributed by atoms with Crippen LogP contribution in [0.25, 0.3) is 11.3 Å². The van der Waals surface area contributed by atoms with Crippen LogP contribution in [0.3, 0.4) is 0 Å². The van der Waals surface area contributed by atoms with E-state index in [1.54, 1.807) is 30.7 Å². The quantitative estimate of drug-likeness (QED) is 0.713. The zero-order valence-corrected chi connectivity index (χ0v) is 15.4. The number of likely N-dealkylation sites (tertiary alicyclic amines) is 1. The zero-order chi connectivity index (χ0) is 18.6. The Labute approximate surface area is 159 Å². The second-order valence-corrected chi connectivity index (χ2v) is 7.02. The molecule has 0 aliphatic carbocycles. The average molecular weight is 358 g/mol. The van der Waals surface area contributed by atoms with Crippen molar-refractivity contribution in [3.05, 3.63) is 78.0 Å². The van der Waals surface area contributed by atoms with Gasteiger partial charge < -0.3 is 4.90 Å². The minimum Gasteiger partial charge on any atom is -0.338 e. The molecule has 27 heavy (non-hydrogen) atoms. The molecule has 0 radical (unpaired) electrons. The number of carbonyl (C=O) groups is 1. The fourth-order valence-corrected chi connectivity index (χ4v) is 3.60. The first-order valence-electron chi connectivity index (χ1n) is 9.29. The summed E-state index contributed by atoms with van der Waals surface area (Å²) in [6.45, 7) is 3.53. The molecule has 0 N–H and O–H groups in total. The van der Waals surface area contributed by atoms with E-state index in [0.717, 1.165) is 36.3 Å². The van der Waals surface area contributed by atoms with Gasteiger partial charge in [0.2, 0.25) is 0 Å². The molecule has 3 aromatic rings. The van der Waals surface area contributed by atoms with Gasteiger partial charge in [0, 0.05) is 48.7 Å². The fourth-order valence-electron chi connectivity index (χ4n) is 3.60. The van der Waals surface area contributed by atoms with Crippen LogP contribution in [0.4, 0.5) is 0 Å². The van der Waals surface area contributed by atoms with Crippen molar-refractivity contribution in [3.63, 3.8) is 0 Å². The molecule has 1 aromatic carbocycles. The van der Waals surface area contributed by atoms with Crippen molar-refractivity contribution in [3.8, 4) is 11.3 Å². The van der Waals surface area contributed by atoms with Crippen molar-refractivity contribution in [2.24, 2.45) is 0 Å². The van der Waals surface area contributed by atoms with Crippen molar-refractivity contribution < 1.29 is 4.79 Å². The minimum absolute atomic E-state index is 0.0601. The maximum absolute atomic E-state index is 12.8. The number of piperidine rings is 1. The van der Waals surface area contributed by atoms with Crippen LogP contribution in [-0.4, -0.2) is 38.8 Å². The fraction of sp³-hybridized carbons (Fsp3) is 0.273. The Morgan fingerprint density at radius 2 is 1.96 bits per heavy atom. The molecule has 0 spiro atoms. The monoisotopic (exact) mass is 358 g/mol. The Kier molecular flexibility index (Phi) is 4.92. The highest BCUT2D eigenvalue weighted by Crippen LogP contribution is 2.28. The summed E-state index contributed by atoms with van der Waals surface area (Å²) in [6, 6.07) is 11.8. The Morgan fingerprint density at radius 3 is 2.78 bits per heavy atom. The molecular weight excluding hydrogens is 336 g/mol. The van der Waals surface area contributed by atoms with Gasteiger partial charge in [-0.05, 0) is 38.0 Å². The van der Waals surface area contributed by atoms with Gasteiger partial charge in [-0.15, -0.1) is 0 Å². The highest BCUT2D eigenvalue weighted by molar-refractivity contribution is 5.94. The van der Waals surface area contributed by atoms with Crippen molar-refractivity contribution in [1.82, 2.24) is 19.9 Å². The Bertz CT molecular complexity index is 942. The SMILES string of the molecule is Cc1cccc(-c2cncc([C@H]3CCCN(C(=O)c4ccncc4)C3)n2)c1. The van der Waals surface area contributed by atoms with E-state index >= 15 is 0 Å². The summed E-state index contributed by atoms with van der Waals surface area (Å²) in [6.07, 6.45) is 8.95. The van der Waals surface area contributed by atoms with Crippen LogP contribution >= 0.6 is 0 Å². The number of nitrogens with zero attached hydrogens (tertiary/aromatic N) is 4. The smallest absolute Gasteiger partial charge is 0.253 e. The second kappa shape index (κ2) is 7.66. The van der Waals surface area contributed by atoms with E-state index in [0.29, 0.717) is 12.1 Å². The number of amides is 1. The van der Waals surface area contributed by atoms with Crippen molar-refractivity contribution in [2.45, 2.75) is 25.7 Å². The third kappa shape index (κ3) is 3.87.